The van der Waals surface area contributed by atoms with Crippen LogP contribution in [0.4, 0.5) is 0 Å². The number of carbonyl (C=O) groups excluding carboxylic acids is 1. The molecule has 20 heavy (non-hydrogen) atoms. The Morgan fingerprint density at radius 1 is 1.25 bits per heavy atom. The minimum absolute atomic E-state index is 0. The van der Waals surface area contributed by atoms with Crippen LogP contribution in [0.2, 0.25) is 0 Å². The molecule has 0 radical (unpaired) electrons. The lowest BCUT2D eigenvalue weighted by molar-refractivity contribution is -0.144. The molecule has 1 amide bonds. The third kappa shape index (κ3) is 2.85. The highest BCUT2D eigenvalue weighted by atomic mass is 35.5. The van der Waals surface area contributed by atoms with E-state index in [9.17, 15) is 4.79 Å². The van der Waals surface area contributed by atoms with Crippen LogP contribution in [-0.4, -0.2) is 36.5 Å². The van der Waals surface area contributed by atoms with E-state index < -0.39 is 0 Å². The van der Waals surface area contributed by atoms with Gasteiger partial charge in [-0.05, 0) is 56.9 Å². The molecule has 0 aromatic rings. The standard InChI is InChI=1S/C16H28N2O.ClH/c1-12-5-9-18(11-16(12)6-3-7-16)15(19)14-4-8-17-13(2)10-14;/h12-14,17H,3-11H2,1-2H3;1H/t12?,13-,14-;/m0./s1. The summed E-state index contributed by atoms with van der Waals surface area (Å²) >= 11 is 0. The average Bonchev–Trinajstić information content (AvgIpc) is 2.36. The molecule has 3 fully saturated rings. The maximum absolute atomic E-state index is 12.7. The Morgan fingerprint density at radius 3 is 2.60 bits per heavy atom. The first kappa shape index (κ1) is 16.1. The van der Waals surface area contributed by atoms with Gasteiger partial charge in [-0.15, -0.1) is 12.4 Å². The first-order valence-electron chi connectivity index (χ1n) is 8.13. The maximum atomic E-state index is 12.7. The Balaban J connectivity index is 0.00000147. The molecule has 1 saturated carbocycles. The number of piperidine rings is 2. The van der Waals surface area contributed by atoms with Gasteiger partial charge in [-0.2, -0.15) is 0 Å². The van der Waals surface area contributed by atoms with Crippen molar-refractivity contribution in [1.82, 2.24) is 10.2 Å². The molecule has 3 rings (SSSR count). The lowest BCUT2D eigenvalue weighted by Gasteiger charge is -2.53. The number of hydrogen-bond acceptors (Lipinski definition) is 2. The Kier molecular flexibility index (Phi) is 5.01. The number of nitrogens with zero attached hydrogens (tertiary/aromatic N) is 1. The van der Waals surface area contributed by atoms with Crippen molar-refractivity contribution in [2.24, 2.45) is 17.3 Å². The van der Waals surface area contributed by atoms with Gasteiger partial charge in [0, 0.05) is 25.0 Å². The Bertz CT molecular complexity index is 356. The van der Waals surface area contributed by atoms with Crippen molar-refractivity contribution >= 4 is 18.3 Å². The second-order valence-electron chi connectivity index (χ2n) is 7.24. The summed E-state index contributed by atoms with van der Waals surface area (Å²) in [4.78, 5) is 14.9. The number of carbonyl (C=O) groups is 1. The van der Waals surface area contributed by atoms with Crippen molar-refractivity contribution in [2.75, 3.05) is 19.6 Å². The predicted molar refractivity (Wildman–Crippen MR) is 84.1 cm³/mol. The molecule has 0 bridgehead atoms. The van der Waals surface area contributed by atoms with Crippen LogP contribution in [0.3, 0.4) is 0 Å². The fraction of sp³-hybridized carbons (Fsp3) is 0.938. The van der Waals surface area contributed by atoms with Gasteiger partial charge in [-0.3, -0.25) is 4.79 Å². The lowest BCUT2D eigenvalue weighted by Crippen LogP contribution is -2.55. The van der Waals surface area contributed by atoms with E-state index >= 15 is 0 Å². The molecular formula is C16H29ClN2O. The van der Waals surface area contributed by atoms with Crippen LogP contribution in [0.5, 0.6) is 0 Å². The van der Waals surface area contributed by atoms with Crippen molar-refractivity contribution in [3.8, 4) is 0 Å². The van der Waals surface area contributed by atoms with E-state index in [1.807, 2.05) is 0 Å². The second kappa shape index (κ2) is 6.23. The molecule has 2 heterocycles. The minimum Gasteiger partial charge on any atom is -0.342 e. The zero-order chi connectivity index (χ0) is 13.5. The maximum Gasteiger partial charge on any atom is 0.225 e. The summed E-state index contributed by atoms with van der Waals surface area (Å²) < 4.78 is 0. The van der Waals surface area contributed by atoms with Crippen LogP contribution >= 0.6 is 12.4 Å². The lowest BCUT2D eigenvalue weighted by atomic mass is 9.59. The molecule has 0 aromatic heterocycles. The van der Waals surface area contributed by atoms with Crippen LogP contribution in [0, 0.1) is 17.3 Å². The smallest absolute Gasteiger partial charge is 0.225 e. The fourth-order valence-corrected chi connectivity index (χ4v) is 4.36. The number of halogens is 1. The van der Waals surface area contributed by atoms with Crippen LogP contribution in [0.25, 0.3) is 0 Å². The number of nitrogens with one attached hydrogen (secondary N) is 1. The highest BCUT2D eigenvalue weighted by Crippen LogP contribution is 2.51. The summed E-state index contributed by atoms with van der Waals surface area (Å²) in [6, 6.07) is 0.504. The molecule has 116 valence electrons. The molecule has 1 spiro atoms. The number of hydrogen-bond donors (Lipinski definition) is 1. The molecule has 3 aliphatic rings. The van der Waals surface area contributed by atoms with Gasteiger partial charge >= 0.3 is 0 Å². The third-order valence-electron chi connectivity index (χ3n) is 6.02. The number of likely N-dealkylation sites (tertiary alicyclic amines) is 1. The summed E-state index contributed by atoms with van der Waals surface area (Å²) in [5, 5.41) is 3.44. The number of rotatable bonds is 1. The van der Waals surface area contributed by atoms with Crippen LogP contribution < -0.4 is 5.32 Å². The Labute approximate surface area is 129 Å². The first-order chi connectivity index (χ1) is 9.11. The van der Waals surface area contributed by atoms with Gasteiger partial charge in [0.2, 0.25) is 5.91 Å². The van der Waals surface area contributed by atoms with Gasteiger partial charge in [0.05, 0.1) is 0 Å². The summed E-state index contributed by atoms with van der Waals surface area (Å²) in [6.07, 6.45) is 7.34. The van der Waals surface area contributed by atoms with E-state index in [-0.39, 0.29) is 18.3 Å². The van der Waals surface area contributed by atoms with Crippen molar-refractivity contribution in [2.45, 2.75) is 58.4 Å². The molecule has 2 aliphatic heterocycles. The summed E-state index contributed by atoms with van der Waals surface area (Å²) in [5.74, 6) is 1.55. The summed E-state index contributed by atoms with van der Waals surface area (Å²) in [6.45, 7) is 7.65. The van der Waals surface area contributed by atoms with Crippen molar-refractivity contribution in [3.05, 3.63) is 0 Å². The number of amides is 1. The van der Waals surface area contributed by atoms with Gasteiger partial charge in [-0.25, -0.2) is 0 Å². The van der Waals surface area contributed by atoms with Gasteiger partial charge in [0.15, 0.2) is 0 Å². The molecular weight excluding hydrogens is 272 g/mol. The van der Waals surface area contributed by atoms with Crippen molar-refractivity contribution in [3.63, 3.8) is 0 Å². The normalized spacial score (nSPS) is 36.1. The molecule has 1 N–H and O–H groups in total. The van der Waals surface area contributed by atoms with Crippen LogP contribution in [0.15, 0.2) is 0 Å². The SMILES string of the molecule is CC1CCN(C(=O)[C@H]2CCN[C@@H](C)C2)CC12CCC2.Cl. The summed E-state index contributed by atoms with van der Waals surface area (Å²) in [5.41, 5.74) is 0.493. The van der Waals surface area contributed by atoms with Crippen molar-refractivity contribution < 1.29 is 4.79 Å². The molecule has 1 aliphatic carbocycles. The van der Waals surface area contributed by atoms with Gasteiger partial charge in [0.25, 0.3) is 0 Å². The third-order valence-corrected chi connectivity index (χ3v) is 6.02. The highest BCUT2D eigenvalue weighted by molar-refractivity contribution is 5.85. The van der Waals surface area contributed by atoms with E-state index in [0.717, 1.165) is 38.4 Å². The van der Waals surface area contributed by atoms with Gasteiger partial charge in [0.1, 0.15) is 0 Å². The van der Waals surface area contributed by atoms with Gasteiger partial charge < -0.3 is 10.2 Å². The highest BCUT2D eigenvalue weighted by Gasteiger charge is 2.47. The van der Waals surface area contributed by atoms with Crippen LogP contribution in [-0.2, 0) is 4.79 Å². The molecule has 3 nitrogen and oxygen atoms in total. The Morgan fingerprint density at radius 2 is 2.00 bits per heavy atom. The second-order valence-corrected chi connectivity index (χ2v) is 7.24. The monoisotopic (exact) mass is 300 g/mol. The molecule has 2 saturated heterocycles. The molecule has 3 atom stereocenters. The van der Waals surface area contributed by atoms with E-state index in [0.29, 0.717) is 17.4 Å². The van der Waals surface area contributed by atoms with E-state index in [2.05, 4.69) is 24.1 Å². The van der Waals surface area contributed by atoms with Gasteiger partial charge in [-0.1, -0.05) is 13.3 Å². The summed E-state index contributed by atoms with van der Waals surface area (Å²) in [7, 11) is 0. The molecule has 4 heteroatoms. The molecule has 1 unspecified atom stereocenters. The average molecular weight is 301 g/mol. The zero-order valence-electron chi connectivity index (χ0n) is 12.9. The van der Waals surface area contributed by atoms with E-state index in [1.165, 1.54) is 25.7 Å². The quantitative estimate of drug-likeness (QED) is 0.807. The largest absolute Gasteiger partial charge is 0.342 e. The fourth-order valence-electron chi connectivity index (χ4n) is 4.36. The zero-order valence-corrected chi connectivity index (χ0v) is 13.7. The predicted octanol–water partition coefficient (Wildman–Crippen LogP) is 2.84. The minimum atomic E-state index is 0. The Hall–Kier alpha value is -0.280. The van der Waals surface area contributed by atoms with E-state index in [1.54, 1.807) is 0 Å². The van der Waals surface area contributed by atoms with E-state index in [4.69, 9.17) is 0 Å². The van der Waals surface area contributed by atoms with Crippen LogP contribution in [0.1, 0.15) is 52.4 Å². The topological polar surface area (TPSA) is 32.3 Å². The molecule has 0 aromatic carbocycles. The van der Waals surface area contributed by atoms with Crippen molar-refractivity contribution in [1.29, 1.82) is 0 Å². The first-order valence-corrected chi connectivity index (χ1v) is 8.13.